The summed E-state index contributed by atoms with van der Waals surface area (Å²) in [6.45, 7) is 3.82. The van der Waals surface area contributed by atoms with E-state index in [1.165, 1.54) is 12.1 Å². The van der Waals surface area contributed by atoms with Crippen LogP contribution < -0.4 is 5.32 Å². The van der Waals surface area contributed by atoms with Gasteiger partial charge in [-0.3, -0.25) is 14.7 Å². The summed E-state index contributed by atoms with van der Waals surface area (Å²) in [5.41, 5.74) is 1.65. The highest BCUT2D eigenvalue weighted by Crippen LogP contribution is 2.33. The maximum atomic E-state index is 13.4. The van der Waals surface area contributed by atoms with Crippen LogP contribution in [0.4, 0.5) is 10.1 Å². The maximum absolute atomic E-state index is 13.4. The molecule has 0 aliphatic carbocycles. The molecule has 3 heterocycles. The Morgan fingerprint density at radius 2 is 2.03 bits per heavy atom. The Labute approximate surface area is 171 Å². The molecule has 2 aromatic rings. The molecule has 2 fully saturated rings. The summed E-state index contributed by atoms with van der Waals surface area (Å²) in [5.74, 6) is 0.242. The van der Waals surface area contributed by atoms with Gasteiger partial charge in [-0.15, -0.1) is 0 Å². The van der Waals surface area contributed by atoms with Crippen molar-refractivity contribution in [1.29, 1.82) is 0 Å². The van der Waals surface area contributed by atoms with Crippen LogP contribution in [0.15, 0.2) is 48.7 Å². The maximum Gasteiger partial charge on any atom is 0.228 e. The smallest absolute Gasteiger partial charge is 0.228 e. The minimum atomic E-state index is -0.332. The molecule has 4 rings (SSSR count). The lowest BCUT2D eigenvalue weighted by Crippen LogP contribution is -2.41. The number of nitrogens with one attached hydrogen (secondary N) is 1. The van der Waals surface area contributed by atoms with Gasteiger partial charge in [0.05, 0.1) is 11.6 Å². The molecule has 0 bridgehead atoms. The first-order valence-electron chi connectivity index (χ1n) is 10.5. The number of benzene rings is 1. The second-order valence-electron chi connectivity index (χ2n) is 8.37. The molecule has 6 heteroatoms. The lowest BCUT2D eigenvalue weighted by molar-refractivity contribution is -0.119. The molecule has 29 heavy (non-hydrogen) atoms. The number of hydrogen-bond donors (Lipinski definition) is 1. The van der Waals surface area contributed by atoms with E-state index in [9.17, 15) is 9.18 Å². The van der Waals surface area contributed by atoms with E-state index < -0.39 is 0 Å². The third-order valence-corrected chi connectivity index (χ3v) is 6.35. The lowest BCUT2D eigenvalue weighted by Gasteiger charge is -2.37. The number of rotatable bonds is 5. The van der Waals surface area contributed by atoms with Crippen LogP contribution in [0.25, 0.3) is 0 Å². The molecular formula is C23H29FN4O. The SMILES string of the molecule is CN1C[C@H](C(=O)Nc2cccc(F)c2)C[C@H]1C1CCN(Cc2ccccn2)CC1. The first-order chi connectivity index (χ1) is 14.1. The second kappa shape index (κ2) is 9.01. The van der Waals surface area contributed by atoms with Gasteiger partial charge >= 0.3 is 0 Å². The molecule has 5 nitrogen and oxygen atoms in total. The summed E-state index contributed by atoms with van der Waals surface area (Å²) < 4.78 is 13.4. The zero-order chi connectivity index (χ0) is 20.2. The van der Waals surface area contributed by atoms with Crippen molar-refractivity contribution >= 4 is 11.6 Å². The lowest BCUT2D eigenvalue weighted by atomic mass is 9.86. The normalized spacial score (nSPS) is 23.9. The topological polar surface area (TPSA) is 48.5 Å². The van der Waals surface area contributed by atoms with Gasteiger partial charge in [-0.2, -0.15) is 0 Å². The number of piperidine rings is 1. The number of halogens is 1. The van der Waals surface area contributed by atoms with E-state index in [0.29, 0.717) is 17.6 Å². The molecule has 2 aliphatic rings. The van der Waals surface area contributed by atoms with Gasteiger partial charge in [0.25, 0.3) is 0 Å². The number of aromatic nitrogens is 1. The second-order valence-corrected chi connectivity index (χ2v) is 8.37. The number of nitrogens with zero attached hydrogens (tertiary/aromatic N) is 3. The number of carbonyl (C=O) groups is 1. The number of hydrogen-bond acceptors (Lipinski definition) is 4. The molecule has 0 radical (unpaired) electrons. The summed E-state index contributed by atoms with van der Waals surface area (Å²) in [7, 11) is 2.13. The molecule has 0 spiro atoms. The number of likely N-dealkylation sites (tertiary alicyclic amines) is 2. The molecule has 0 unspecified atom stereocenters. The van der Waals surface area contributed by atoms with E-state index in [4.69, 9.17) is 0 Å². The van der Waals surface area contributed by atoms with Crippen molar-refractivity contribution in [3.63, 3.8) is 0 Å². The van der Waals surface area contributed by atoms with Crippen molar-refractivity contribution in [2.75, 3.05) is 32.0 Å². The number of carbonyl (C=O) groups excluding carboxylic acids is 1. The highest BCUT2D eigenvalue weighted by atomic mass is 19.1. The standard InChI is InChI=1S/C23H29FN4O/c1-27-15-18(23(29)26-20-7-4-5-19(24)14-20)13-22(27)17-8-11-28(12-9-17)16-21-6-2-3-10-25-21/h2-7,10,14,17-18,22H,8-9,11-13,15-16H2,1H3,(H,26,29)/t18-,22+/m1/s1. The van der Waals surface area contributed by atoms with Crippen molar-refractivity contribution in [1.82, 2.24) is 14.8 Å². The van der Waals surface area contributed by atoms with Crippen molar-refractivity contribution in [2.45, 2.75) is 31.8 Å². The average Bonchev–Trinajstić information content (AvgIpc) is 3.11. The van der Waals surface area contributed by atoms with Crippen LogP contribution >= 0.6 is 0 Å². The van der Waals surface area contributed by atoms with Gasteiger partial charge in [0.2, 0.25) is 5.91 Å². The molecule has 2 atom stereocenters. The van der Waals surface area contributed by atoms with E-state index in [1.807, 2.05) is 18.3 Å². The van der Waals surface area contributed by atoms with E-state index in [2.05, 4.69) is 33.2 Å². The van der Waals surface area contributed by atoms with Crippen LogP contribution in [-0.4, -0.2) is 53.4 Å². The minimum absolute atomic E-state index is 0.00228. The monoisotopic (exact) mass is 396 g/mol. The first kappa shape index (κ1) is 20.0. The Hall–Kier alpha value is -2.31. The highest BCUT2D eigenvalue weighted by molar-refractivity contribution is 5.92. The molecule has 1 aromatic carbocycles. The Morgan fingerprint density at radius 1 is 1.21 bits per heavy atom. The van der Waals surface area contributed by atoms with Gasteiger partial charge in [0.15, 0.2) is 0 Å². The Balaban J connectivity index is 1.28. The van der Waals surface area contributed by atoms with E-state index in [0.717, 1.165) is 51.1 Å². The Morgan fingerprint density at radius 3 is 2.76 bits per heavy atom. The fraction of sp³-hybridized carbons (Fsp3) is 0.478. The van der Waals surface area contributed by atoms with Crippen LogP contribution in [0, 0.1) is 17.7 Å². The Kier molecular flexibility index (Phi) is 6.21. The van der Waals surface area contributed by atoms with Gasteiger partial charge in [0, 0.05) is 31.0 Å². The van der Waals surface area contributed by atoms with E-state index in [1.54, 1.807) is 12.1 Å². The molecule has 1 amide bonds. The average molecular weight is 397 g/mol. The third-order valence-electron chi connectivity index (χ3n) is 6.35. The van der Waals surface area contributed by atoms with E-state index in [-0.39, 0.29) is 17.6 Å². The van der Waals surface area contributed by atoms with Gasteiger partial charge in [0.1, 0.15) is 5.82 Å². The van der Waals surface area contributed by atoms with Crippen LogP contribution in [0.1, 0.15) is 25.0 Å². The van der Waals surface area contributed by atoms with E-state index >= 15 is 0 Å². The Bertz CT molecular complexity index is 823. The van der Waals surface area contributed by atoms with Gasteiger partial charge < -0.3 is 10.2 Å². The first-order valence-corrected chi connectivity index (χ1v) is 10.5. The summed E-state index contributed by atoms with van der Waals surface area (Å²) in [4.78, 5) is 21.9. The summed E-state index contributed by atoms with van der Waals surface area (Å²) in [6, 6.07) is 12.6. The van der Waals surface area contributed by atoms with Crippen molar-refractivity contribution < 1.29 is 9.18 Å². The van der Waals surface area contributed by atoms with Crippen LogP contribution in [0.5, 0.6) is 0 Å². The van der Waals surface area contributed by atoms with Gasteiger partial charge in [-0.05, 0) is 75.6 Å². The predicted octanol–water partition coefficient (Wildman–Crippen LogP) is 3.39. The molecule has 1 aromatic heterocycles. The molecular weight excluding hydrogens is 367 g/mol. The molecule has 154 valence electrons. The van der Waals surface area contributed by atoms with Crippen LogP contribution in [-0.2, 0) is 11.3 Å². The molecule has 2 aliphatic heterocycles. The molecule has 1 N–H and O–H groups in total. The summed E-state index contributed by atoms with van der Waals surface area (Å²) in [5, 5.41) is 2.88. The number of amides is 1. The molecule has 0 saturated carbocycles. The minimum Gasteiger partial charge on any atom is -0.326 e. The van der Waals surface area contributed by atoms with Crippen molar-refractivity contribution in [2.24, 2.45) is 11.8 Å². The largest absolute Gasteiger partial charge is 0.326 e. The summed E-state index contributed by atoms with van der Waals surface area (Å²) >= 11 is 0. The van der Waals surface area contributed by atoms with Crippen molar-refractivity contribution in [3.05, 3.63) is 60.2 Å². The fourth-order valence-corrected chi connectivity index (χ4v) is 4.80. The zero-order valence-corrected chi connectivity index (χ0v) is 16.9. The highest BCUT2D eigenvalue weighted by Gasteiger charge is 2.39. The van der Waals surface area contributed by atoms with Crippen molar-refractivity contribution in [3.8, 4) is 0 Å². The number of anilines is 1. The predicted molar refractivity (Wildman–Crippen MR) is 112 cm³/mol. The van der Waals surface area contributed by atoms with Crippen LogP contribution in [0.3, 0.4) is 0 Å². The van der Waals surface area contributed by atoms with Gasteiger partial charge in [-0.25, -0.2) is 4.39 Å². The van der Waals surface area contributed by atoms with Crippen LogP contribution in [0.2, 0.25) is 0 Å². The zero-order valence-electron chi connectivity index (χ0n) is 16.9. The van der Waals surface area contributed by atoms with Gasteiger partial charge in [-0.1, -0.05) is 12.1 Å². The molecule has 2 saturated heterocycles. The fourth-order valence-electron chi connectivity index (χ4n) is 4.80. The third kappa shape index (κ3) is 5.00. The quantitative estimate of drug-likeness (QED) is 0.842. The summed E-state index contributed by atoms with van der Waals surface area (Å²) in [6.07, 6.45) is 5.04. The number of pyridine rings is 1.